The highest BCUT2D eigenvalue weighted by atomic mass is 32.2. The zero-order valence-electron chi connectivity index (χ0n) is 14.7. The topological polar surface area (TPSA) is 41.6 Å². The summed E-state index contributed by atoms with van der Waals surface area (Å²) in [5, 5.41) is 3.34. The van der Waals surface area contributed by atoms with Crippen LogP contribution in [0.3, 0.4) is 0 Å². The van der Waals surface area contributed by atoms with Crippen LogP contribution in [0.25, 0.3) is 0 Å². The molecule has 2 saturated heterocycles. The molecular formula is C19H28N2O2S. The highest BCUT2D eigenvalue weighted by molar-refractivity contribution is 7.99. The molecule has 2 fully saturated rings. The molecule has 2 heterocycles. The molecule has 1 N–H and O–H groups in total. The number of piperidine rings is 1. The number of carbonyl (C=O) groups is 1. The van der Waals surface area contributed by atoms with E-state index in [9.17, 15) is 4.79 Å². The quantitative estimate of drug-likeness (QED) is 0.632. The van der Waals surface area contributed by atoms with Crippen molar-refractivity contribution in [2.75, 3.05) is 39.0 Å². The molecule has 0 saturated carbocycles. The molecule has 0 aromatic heterocycles. The van der Waals surface area contributed by atoms with Gasteiger partial charge in [-0.15, -0.1) is 11.8 Å². The van der Waals surface area contributed by atoms with Gasteiger partial charge in [-0.1, -0.05) is 17.7 Å². The van der Waals surface area contributed by atoms with Crippen LogP contribution >= 0.6 is 11.8 Å². The van der Waals surface area contributed by atoms with E-state index in [2.05, 4.69) is 48.5 Å². The molecule has 1 unspecified atom stereocenters. The number of rotatable bonds is 6. The number of aryl methyl sites for hydroxylation is 1. The van der Waals surface area contributed by atoms with E-state index in [0.717, 1.165) is 51.2 Å². The van der Waals surface area contributed by atoms with Crippen molar-refractivity contribution in [3.63, 3.8) is 0 Å². The summed E-state index contributed by atoms with van der Waals surface area (Å²) < 4.78 is 5.69. The summed E-state index contributed by atoms with van der Waals surface area (Å²) in [5.74, 6) is 1.09. The Hall–Kier alpha value is -1.04. The summed E-state index contributed by atoms with van der Waals surface area (Å²) >= 11 is 1.88. The second kappa shape index (κ2) is 7.89. The number of likely N-dealkylation sites (N-methyl/N-ethyl adjacent to an activating group) is 1. The maximum atomic E-state index is 12.3. The van der Waals surface area contributed by atoms with Gasteiger partial charge in [0.1, 0.15) is 6.10 Å². The van der Waals surface area contributed by atoms with Gasteiger partial charge >= 0.3 is 5.97 Å². The van der Waals surface area contributed by atoms with Gasteiger partial charge in [0.05, 0.1) is 5.41 Å². The molecule has 1 aromatic carbocycles. The van der Waals surface area contributed by atoms with Gasteiger partial charge in [0.2, 0.25) is 0 Å². The van der Waals surface area contributed by atoms with E-state index >= 15 is 0 Å². The predicted molar refractivity (Wildman–Crippen MR) is 98.4 cm³/mol. The van der Waals surface area contributed by atoms with E-state index < -0.39 is 0 Å². The number of carbonyl (C=O) groups excluding carboxylic acids is 1. The molecule has 1 spiro atoms. The van der Waals surface area contributed by atoms with Gasteiger partial charge in [-0.25, -0.2) is 0 Å². The van der Waals surface area contributed by atoms with Crippen LogP contribution in [0, 0.1) is 12.3 Å². The number of nitrogens with one attached hydrogen (secondary N) is 1. The van der Waals surface area contributed by atoms with Crippen molar-refractivity contribution < 1.29 is 9.53 Å². The van der Waals surface area contributed by atoms with Crippen LogP contribution in [0.2, 0.25) is 0 Å². The first-order valence-corrected chi connectivity index (χ1v) is 9.86. The normalized spacial score (nSPS) is 23.0. The van der Waals surface area contributed by atoms with Gasteiger partial charge < -0.3 is 15.0 Å². The van der Waals surface area contributed by atoms with Crippen molar-refractivity contribution in [3.05, 3.63) is 29.8 Å². The van der Waals surface area contributed by atoms with Crippen LogP contribution in [-0.2, 0) is 9.53 Å². The molecule has 1 atom stereocenters. The fourth-order valence-electron chi connectivity index (χ4n) is 3.65. The molecule has 3 rings (SSSR count). The van der Waals surface area contributed by atoms with Gasteiger partial charge in [-0.3, -0.25) is 4.79 Å². The maximum Gasteiger partial charge on any atom is 0.312 e. The first kappa shape index (κ1) is 17.8. The number of thioether (sulfide) groups is 1. The molecule has 0 bridgehead atoms. The van der Waals surface area contributed by atoms with E-state index in [1.165, 1.54) is 10.5 Å². The minimum absolute atomic E-state index is 0.0384. The summed E-state index contributed by atoms with van der Waals surface area (Å²) in [4.78, 5) is 15.9. The number of nitrogens with zero attached hydrogens (tertiary/aromatic N) is 1. The maximum absolute atomic E-state index is 12.3. The zero-order valence-corrected chi connectivity index (χ0v) is 15.5. The second-order valence-corrected chi connectivity index (χ2v) is 8.35. The third-order valence-corrected chi connectivity index (χ3v) is 6.16. The molecule has 1 aromatic rings. The third-order valence-electron chi connectivity index (χ3n) is 5.16. The largest absolute Gasteiger partial charge is 0.461 e. The van der Waals surface area contributed by atoms with Crippen LogP contribution in [-0.4, -0.2) is 56.0 Å². The van der Waals surface area contributed by atoms with Gasteiger partial charge in [0.15, 0.2) is 0 Å². The molecule has 24 heavy (non-hydrogen) atoms. The number of hydrogen-bond acceptors (Lipinski definition) is 5. The van der Waals surface area contributed by atoms with E-state index in [1.807, 2.05) is 11.8 Å². The lowest BCUT2D eigenvalue weighted by molar-refractivity contribution is -0.150. The SMILES string of the molecule is Cc1ccc(SCCN(C)CC2CC3(CCNCC3)C(=O)O2)cc1. The van der Waals surface area contributed by atoms with Crippen LogP contribution in [0.4, 0.5) is 0 Å². The van der Waals surface area contributed by atoms with E-state index in [0.29, 0.717) is 0 Å². The Kier molecular flexibility index (Phi) is 5.85. The smallest absolute Gasteiger partial charge is 0.312 e. The fraction of sp³-hybridized carbons (Fsp3) is 0.632. The molecule has 0 amide bonds. The highest BCUT2D eigenvalue weighted by Gasteiger charge is 2.49. The van der Waals surface area contributed by atoms with E-state index in [4.69, 9.17) is 4.74 Å². The van der Waals surface area contributed by atoms with E-state index in [1.54, 1.807) is 0 Å². The number of ether oxygens (including phenoxy) is 1. The average molecular weight is 349 g/mol. The monoisotopic (exact) mass is 348 g/mol. The lowest BCUT2D eigenvalue weighted by atomic mass is 9.76. The molecule has 2 aliphatic rings. The van der Waals surface area contributed by atoms with Crippen LogP contribution in [0.15, 0.2) is 29.2 Å². The average Bonchev–Trinajstić information content (AvgIpc) is 2.85. The minimum atomic E-state index is -0.201. The Labute approximate surface area is 149 Å². The lowest BCUT2D eigenvalue weighted by Gasteiger charge is -2.29. The van der Waals surface area contributed by atoms with E-state index in [-0.39, 0.29) is 17.5 Å². The van der Waals surface area contributed by atoms with Crippen molar-refractivity contribution in [2.24, 2.45) is 5.41 Å². The number of cyclic esters (lactones) is 1. The zero-order chi connectivity index (χ0) is 17.0. The molecule has 2 aliphatic heterocycles. The first-order valence-electron chi connectivity index (χ1n) is 8.87. The van der Waals surface area contributed by atoms with Gasteiger partial charge in [-0.2, -0.15) is 0 Å². The molecule has 4 nitrogen and oxygen atoms in total. The van der Waals surface area contributed by atoms with Crippen molar-refractivity contribution in [1.82, 2.24) is 10.2 Å². The Morgan fingerprint density at radius 3 is 2.71 bits per heavy atom. The minimum Gasteiger partial charge on any atom is -0.461 e. The summed E-state index contributed by atoms with van der Waals surface area (Å²) in [6.07, 6.45) is 2.80. The summed E-state index contributed by atoms with van der Waals surface area (Å²) in [7, 11) is 2.12. The second-order valence-electron chi connectivity index (χ2n) is 7.19. The Morgan fingerprint density at radius 2 is 2.00 bits per heavy atom. The Balaban J connectivity index is 1.41. The van der Waals surface area contributed by atoms with Crippen molar-refractivity contribution >= 4 is 17.7 Å². The lowest BCUT2D eigenvalue weighted by Crippen LogP contribution is -2.39. The highest BCUT2D eigenvalue weighted by Crippen LogP contribution is 2.41. The van der Waals surface area contributed by atoms with Gasteiger partial charge in [-0.05, 0) is 52.0 Å². The third kappa shape index (κ3) is 4.32. The van der Waals surface area contributed by atoms with Crippen molar-refractivity contribution in [3.8, 4) is 0 Å². The van der Waals surface area contributed by atoms with Crippen molar-refractivity contribution in [2.45, 2.75) is 37.2 Å². The standard InChI is InChI=1S/C19H28N2O2S/c1-15-3-5-17(6-4-15)24-12-11-21(2)14-16-13-19(18(22)23-16)7-9-20-10-8-19/h3-6,16,20H,7-14H2,1-2H3. The Morgan fingerprint density at radius 1 is 1.29 bits per heavy atom. The Bertz CT molecular complexity index is 555. The molecule has 0 radical (unpaired) electrons. The number of esters is 1. The van der Waals surface area contributed by atoms with Crippen molar-refractivity contribution in [1.29, 1.82) is 0 Å². The van der Waals surface area contributed by atoms with Gasteiger partial charge in [0.25, 0.3) is 0 Å². The summed E-state index contributed by atoms with van der Waals surface area (Å²) in [6.45, 7) is 5.83. The molecule has 5 heteroatoms. The predicted octanol–water partition coefficient (Wildman–Crippen LogP) is 2.70. The number of hydrogen-bond donors (Lipinski definition) is 1. The molecular weight excluding hydrogens is 320 g/mol. The van der Waals surface area contributed by atoms with Crippen LogP contribution in [0.5, 0.6) is 0 Å². The molecule has 132 valence electrons. The summed E-state index contributed by atoms with van der Waals surface area (Å²) in [6, 6.07) is 8.67. The summed E-state index contributed by atoms with van der Waals surface area (Å²) in [5.41, 5.74) is 1.10. The van der Waals surface area contributed by atoms with Gasteiger partial charge in [0, 0.05) is 30.2 Å². The first-order chi connectivity index (χ1) is 11.6. The van der Waals surface area contributed by atoms with Crippen LogP contribution in [0.1, 0.15) is 24.8 Å². The molecule has 0 aliphatic carbocycles. The number of benzene rings is 1. The fourth-order valence-corrected chi connectivity index (χ4v) is 4.61. The van der Waals surface area contributed by atoms with Crippen LogP contribution < -0.4 is 5.32 Å².